The van der Waals surface area contributed by atoms with Crippen LogP contribution in [-0.2, 0) is 19.1 Å². The second kappa shape index (κ2) is 11.1. The summed E-state index contributed by atoms with van der Waals surface area (Å²) in [4.78, 5) is 45.3. The van der Waals surface area contributed by atoms with Crippen molar-refractivity contribution in [1.29, 1.82) is 0 Å². The molecule has 3 fully saturated rings. The minimum absolute atomic E-state index is 0.0313. The minimum Gasteiger partial charge on any atom is -0.481 e. The summed E-state index contributed by atoms with van der Waals surface area (Å²) in [5, 5.41) is 19.3. The summed E-state index contributed by atoms with van der Waals surface area (Å²) in [5.41, 5.74) is 0.487. The maximum absolute atomic E-state index is 14.3. The number of alkyl halides is 1. The summed E-state index contributed by atoms with van der Waals surface area (Å²) in [6.45, 7) is 10.2. The quantitative estimate of drug-likeness (QED) is 0.223. The molecule has 10 heteroatoms. The first-order valence-corrected chi connectivity index (χ1v) is 13.9. The molecule has 1 aromatic rings. The molecule has 0 aromatic heterocycles. The predicted octanol–water partition coefficient (Wildman–Crippen LogP) is 2.66. The van der Waals surface area contributed by atoms with Crippen LogP contribution < -0.4 is 9.80 Å². The Bertz CT molecular complexity index is 1030. The smallest absolute Gasteiger partial charge is 0.310 e. The number of benzene rings is 1. The summed E-state index contributed by atoms with van der Waals surface area (Å²) in [6, 6.07) is 6.74. The number of unbranched alkanes of at least 4 members (excludes halogenated alkanes) is 1. The molecule has 0 saturated carbocycles. The molecule has 3 unspecified atom stereocenters. The van der Waals surface area contributed by atoms with Gasteiger partial charge >= 0.3 is 5.97 Å². The van der Waals surface area contributed by atoms with Crippen LogP contribution >= 0.6 is 15.9 Å². The Hall–Kier alpha value is -2.43. The number of aliphatic hydroxyl groups excluding tert-OH is 1. The third kappa shape index (κ3) is 4.57. The molecular formula is C27H36BrN3O6. The lowest BCUT2D eigenvalue weighted by atomic mass is 9.70. The van der Waals surface area contributed by atoms with Crippen LogP contribution in [0.25, 0.3) is 0 Å². The van der Waals surface area contributed by atoms with E-state index in [0.29, 0.717) is 24.9 Å². The first kappa shape index (κ1) is 27.6. The van der Waals surface area contributed by atoms with Crippen LogP contribution in [0, 0.1) is 11.8 Å². The molecule has 1 spiro atoms. The number of carbonyl (C=O) groups excluding carboxylic acids is 2. The number of nitrogens with zero attached hydrogens (tertiary/aromatic N) is 3. The number of amides is 2. The highest BCUT2D eigenvalue weighted by Gasteiger charge is 2.76. The van der Waals surface area contributed by atoms with Crippen molar-refractivity contribution >= 4 is 45.1 Å². The van der Waals surface area contributed by atoms with Crippen molar-refractivity contribution in [3.8, 4) is 0 Å². The maximum atomic E-state index is 14.3. The number of rotatable bonds is 12. The summed E-state index contributed by atoms with van der Waals surface area (Å²) >= 11 is 3.57. The van der Waals surface area contributed by atoms with Gasteiger partial charge < -0.3 is 29.6 Å². The number of carboxylic acid groups (broad SMARTS) is 1. The average Bonchev–Trinajstić information content (AvgIpc) is 3.47. The number of fused-ring (bicyclic) bond motifs is 1. The van der Waals surface area contributed by atoms with Gasteiger partial charge in [-0.25, -0.2) is 0 Å². The van der Waals surface area contributed by atoms with E-state index in [9.17, 15) is 24.6 Å². The van der Waals surface area contributed by atoms with Gasteiger partial charge in [0.15, 0.2) is 0 Å². The number of aliphatic hydroxyl groups is 1. The first-order valence-electron chi connectivity index (χ1n) is 13.0. The van der Waals surface area contributed by atoms with Gasteiger partial charge in [-0.05, 0) is 57.4 Å². The van der Waals surface area contributed by atoms with Crippen LogP contribution in [0.15, 0.2) is 36.9 Å². The average molecular weight is 579 g/mol. The van der Waals surface area contributed by atoms with Gasteiger partial charge in [0.1, 0.15) is 11.6 Å². The van der Waals surface area contributed by atoms with E-state index in [1.807, 2.05) is 24.3 Å². The molecule has 4 rings (SSSR count). The van der Waals surface area contributed by atoms with Gasteiger partial charge in [0.05, 0.1) is 17.9 Å². The normalized spacial score (nSPS) is 29.9. The number of aliphatic carboxylic acids is 1. The van der Waals surface area contributed by atoms with E-state index in [0.717, 1.165) is 18.8 Å². The monoisotopic (exact) mass is 577 g/mol. The fourth-order valence-electron chi connectivity index (χ4n) is 6.36. The summed E-state index contributed by atoms with van der Waals surface area (Å²) < 4.78 is 6.34. The van der Waals surface area contributed by atoms with Crippen molar-refractivity contribution in [3.63, 3.8) is 0 Å². The summed E-state index contributed by atoms with van der Waals surface area (Å²) in [6.07, 6.45) is 2.29. The fraction of sp³-hybridized carbons (Fsp3) is 0.593. The Morgan fingerprint density at radius 3 is 2.43 bits per heavy atom. The van der Waals surface area contributed by atoms with Crippen LogP contribution in [0.5, 0.6) is 0 Å². The SMILES string of the molecule is C=CCN(C(=O)C1N(CCCCO)C(=O)[C@@H]2[C@H](C(=O)O)[C@H]3OC12CC3Br)c1ccc(N(CC)CC)cc1. The van der Waals surface area contributed by atoms with E-state index in [1.165, 1.54) is 4.90 Å². The van der Waals surface area contributed by atoms with E-state index in [4.69, 9.17) is 4.74 Å². The Morgan fingerprint density at radius 2 is 1.86 bits per heavy atom. The van der Waals surface area contributed by atoms with Crippen LogP contribution in [0.1, 0.15) is 33.1 Å². The number of carbonyl (C=O) groups is 3. The first-order chi connectivity index (χ1) is 17.7. The predicted molar refractivity (Wildman–Crippen MR) is 144 cm³/mol. The van der Waals surface area contributed by atoms with Gasteiger partial charge in [-0.1, -0.05) is 22.0 Å². The van der Waals surface area contributed by atoms with E-state index in [2.05, 4.69) is 41.3 Å². The van der Waals surface area contributed by atoms with Gasteiger partial charge in [0.2, 0.25) is 5.91 Å². The van der Waals surface area contributed by atoms with E-state index < -0.39 is 35.6 Å². The van der Waals surface area contributed by atoms with Crippen molar-refractivity contribution in [1.82, 2.24) is 4.90 Å². The zero-order chi connectivity index (χ0) is 26.9. The highest BCUT2D eigenvalue weighted by molar-refractivity contribution is 9.09. The Morgan fingerprint density at radius 1 is 1.22 bits per heavy atom. The lowest BCUT2D eigenvalue weighted by Crippen LogP contribution is -2.57. The molecule has 202 valence electrons. The number of carboxylic acids is 1. The highest BCUT2D eigenvalue weighted by atomic mass is 79.9. The Balaban J connectivity index is 1.73. The van der Waals surface area contributed by atoms with Crippen LogP contribution in [0.2, 0.25) is 0 Å². The molecule has 1 aromatic carbocycles. The molecule has 9 nitrogen and oxygen atoms in total. The molecule has 0 aliphatic carbocycles. The highest BCUT2D eigenvalue weighted by Crippen LogP contribution is 2.60. The standard InChI is InChI=1S/C27H36BrN3O6/c1-4-13-30(18-11-9-17(10-12-18)29(5-2)6-3)25(34)23-27-16-19(28)22(37-27)20(26(35)36)21(27)24(33)31(23)14-7-8-15-32/h4,9-12,19-23,32H,1,5-8,13-16H2,2-3H3,(H,35,36)/t19?,20-,21-,22-,23?,27?/m0/s1. The lowest BCUT2D eigenvalue weighted by molar-refractivity contribution is -0.149. The molecule has 3 saturated heterocycles. The van der Waals surface area contributed by atoms with Gasteiger partial charge in [0, 0.05) is 49.0 Å². The van der Waals surface area contributed by atoms with E-state index in [-0.39, 0.29) is 36.3 Å². The van der Waals surface area contributed by atoms with Crippen molar-refractivity contribution in [2.24, 2.45) is 11.8 Å². The zero-order valence-electron chi connectivity index (χ0n) is 21.4. The molecule has 3 aliphatic heterocycles. The molecular weight excluding hydrogens is 542 g/mol. The molecule has 0 radical (unpaired) electrons. The lowest BCUT2D eigenvalue weighted by Gasteiger charge is -2.37. The number of halogens is 1. The third-order valence-corrected chi connectivity index (χ3v) is 8.83. The molecule has 2 bridgehead atoms. The van der Waals surface area contributed by atoms with E-state index >= 15 is 0 Å². The minimum atomic E-state index is -1.23. The van der Waals surface area contributed by atoms with Crippen molar-refractivity contribution in [3.05, 3.63) is 36.9 Å². The number of hydrogen-bond donors (Lipinski definition) is 2. The summed E-state index contributed by atoms with van der Waals surface area (Å²) in [5.74, 6) is -3.72. The van der Waals surface area contributed by atoms with Crippen LogP contribution in [0.3, 0.4) is 0 Å². The molecule has 2 N–H and O–H groups in total. The van der Waals surface area contributed by atoms with Crippen molar-refractivity contribution < 1.29 is 29.3 Å². The Kier molecular flexibility index (Phi) is 8.30. The second-order valence-corrected chi connectivity index (χ2v) is 11.1. The van der Waals surface area contributed by atoms with Gasteiger partial charge in [0.25, 0.3) is 5.91 Å². The van der Waals surface area contributed by atoms with Gasteiger partial charge in [-0.2, -0.15) is 0 Å². The third-order valence-electron chi connectivity index (χ3n) is 7.98. The topological polar surface area (TPSA) is 111 Å². The van der Waals surface area contributed by atoms with E-state index in [1.54, 1.807) is 11.0 Å². The molecule has 2 amide bonds. The van der Waals surface area contributed by atoms with Gasteiger partial charge in [-0.15, -0.1) is 6.58 Å². The molecule has 6 atom stereocenters. The largest absolute Gasteiger partial charge is 0.481 e. The van der Waals surface area contributed by atoms with Crippen LogP contribution in [0.4, 0.5) is 11.4 Å². The molecule has 37 heavy (non-hydrogen) atoms. The second-order valence-electron chi connectivity index (χ2n) is 9.89. The fourth-order valence-corrected chi connectivity index (χ4v) is 7.30. The number of likely N-dealkylation sites (tertiary alicyclic amines) is 1. The number of hydrogen-bond acceptors (Lipinski definition) is 6. The van der Waals surface area contributed by atoms with Crippen molar-refractivity contribution in [2.75, 3.05) is 42.6 Å². The van der Waals surface area contributed by atoms with Crippen molar-refractivity contribution in [2.45, 2.75) is 55.7 Å². The summed E-state index contributed by atoms with van der Waals surface area (Å²) in [7, 11) is 0. The number of anilines is 2. The Labute approximate surface area is 226 Å². The molecule has 3 heterocycles. The van der Waals surface area contributed by atoms with Crippen LogP contribution in [-0.4, -0.2) is 88.3 Å². The maximum Gasteiger partial charge on any atom is 0.310 e. The number of ether oxygens (including phenoxy) is 1. The van der Waals surface area contributed by atoms with Gasteiger partial charge in [-0.3, -0.25) is 14.4 Å². The zero-order valence-corrected chi connectivity index (χ0v) is 23.0. The molecule has 3 aliphatic rings.